The van der Waals surface area contributed by atoms with Gasteiger partial charge in [0.25, 0.3) is 0 Å². The highest BCUT2D eigenvalue weighted by Crippen LogP contribution is 2.24. The molecule has 0 amide bonds. The minimum absolute atomic E-state index is 0.686. The molecular formula is C9H8S. The van der Waals surface area contributed by atoms with Gasteiger partial charge < -0.3 is 0 Å². The Hall–Kier alpha value is -0.820. The highest BCUT2D eigenvalue weighted by atomic mass is 32.1. The number of aryl methyl sites for hydroxylation is 1. The first kappa shape index (κ1) is 4.91. The van der Waals surface area contributed by atoms with Gasteiger partial charge in [-0.3, -0.25) is 0 Å². The van der Waals surface area contributed by atoms with Crippen LogP contribution in [0.3, 0.4) is 0 Å². The maximum atomic E-state index is 7.57. The van der Waals surface area contributed by atoms with Gasteiger partial charge in [0, 0.05) is 4.70 Å². The van der Waals surface area contributed by atoms with E-state index in [-0.39, 0.29) is 0 Å². The number of fused-ring (bicyclic) bond motifs is 1. The van der Waals surface area contributed by atoms with Crippen molar-refractivity contribution in [2.24, 2.45) is 0 Å². The van der Waals surface area contributed by atoms with Gasteiger partial charge in [-0.15, -0.1) is 11.3 Å². The summed E-state index contributed by atoms with van der Waals surface area (Å²) in [4.78, 5) is 0. The predicted octanol–water partition coefficient (Wildman–Crippen LogP) is 3.21. The van der Waals surface area contributed by atoms with E-state index in [0.29, 0.717) is 5.36 Å². The fourth-order valence-electron chi connectivity index (χ4n) is 1.05. The largest absolute Gasteiger partial charge is 0.144 e. The summed E-state index contributed by atoms with van der Waals surface area (Å²) in [6, 6.07) is 8.16. The minimum atomic E-state index is 0.686. The van der Waals surface area contributed by atoms with Gasteiger partial charge in [-0.05, 0) is 29.3 Å². The summed E-state index contributed by atoms with van der Waals surface area (Å²) >= 11 is 1.55. The van der Waals surface area contributed by atoms with Crippen molar-refractivity contribution in [3.8, 4) is 0 Å². The molecule has 0 unspecified atom stereocenters. The van der Waals surface area contributed by atoms with Crippen molar-refractivity contribution < 1.29 is 1.37 Å². The van der Waals surface area contributed by atoms with Crippen molar-refractivity contribution in [3.05, 3.63) is 35.2 Å². The Morgan fingerprint density at radius 3 is 3.00 bits per heavy atom. The number of rotatable bonds is 0. The molecule has 0 saturated heterocycles. The number of hydrogen-bond acceptors (Lipinski definition) is 1. The molecule has 1 aromatic heterocycles. The third kappa shape index (κ3) is 0.745. The third-order valence-electron chi connectivity index (χ3n) is 1.61. The van der Waals surface area contributed by atoms with Crippen LogP contribution in [0, 0.1) is 6.92 Å². The van der Waals surface area contributed by atoms with Gasteiger partial charge in [0.15, 0.2) is 0 Å². The first-order chi connectivity index (χ1) is 5.29. The van der Waals surface area contributed by atoms with Crippen molar-refractivity contribution in [2.75, 3.05) is 0 Å². The maximum Gasteiger partial charge on any atom is 0.0743 e. The monoisotopic (exact) mass is 149 g/mol. The van der Waals surface area contributed by atoms with Crippen molar-refractivity contribution in [2.45, 2.75) is 6.92 Å². The van der Waals surface area contributed by atoms with Crippen LogP contribution in [-0.2, 0) is 0 Å². The summed E-state index contributed by atoms with van der Waals surface area (Å²) < 4.78 is 8.78. The van der Waals surface area contributed by atoms with Gasteiger partial charge in [0.2, 0.25) is 0 Å². The molecule has 10 heavy (non-hydrogen) atoms. The molecule has 1 heterocycles. The topological polar surface area (TPSA) is 0 Å². The molecule has 0 aliphatic carbocycles. The van der Waals surface area contributed by atoms with E-state index in [4.69, 9.17) is 1.37 Å². The molecule has 0 aliphatic heterocycles. The molecule has 0 atom stereocenters. The van der Waals surface area contributed by atoms with Gasteiger partial charge >= 0.3 is 0 Å². The fraction of sp³-hybridized carbons (Fsp3) is 0.111. The SMILES string of the molecule is [2H]c1sc2ccccc2c1C. The Morgan fingerprint density at radius 1 is 1.40 bits per heavy atom. The zero-order chi connectivity index (χ0) is 7.84. The lowest BCUT2D eigenvalue weighted by molar-refractivity contribution is 1.60. The standard InChI is InChI=1S/C9H8S/c1-7-6-10-9-5-3-2-4-8(7)9/h2-6H,1H3/i6D. The van der Waals surface area contributed by atoms with Gasteiger partial charge in [0.05, 0.1) is 1.37 Å². The Balaban J connectivity index is 2.92. The lowest BCUT2D eigenvalue weighted by atomic mass is 10.2. The van der Waals surface area contributed by atoms with E-state index in [1.807, 2.05) is 19.1 Å². The average Bonchev–Trinajstić information content (AvgIpc) is 2.30. The molecule has 50 valence electrons. The van der Waals surface area contributed by atoms with Crippen LogP contribution in [0.2, 0.25) is 0 Å². The van der Waals surface area contributed by atoms with Crippen molar-refractivity contribution in [3.63, 3.8) is 0 Å². The maximum absolute atomic E-state index is 7.57. The van der Waals surface area contributed by atoms with Crippen LogP contribution >= 0.6 is 11.3 Å². The third-order valence-corrected chi connectivity index (χ3v) is 2.59. The van der Waals surface area contributed by atoms with Crippen LogP contribution in [0.25, 0.3) is 10.1 Å². The van der Waals surface area contributed by atoms with Crippen LogP contribution in [-0.4, -0.2) is 0 Å². The molecule has 1 aromatic carbocycles. The normalized spacial score (nSPS) is 11.9. The van der Waals surface area contributed by atoms with Crippen molar-refractivity contribution in [1.29, 1.82) is 0 Å². The highest BCUT2D eigenvalue weighted by Gasteiger charge is 1.95. The van der Waals surface area contributed by atoms with Crippen molar-refractivity contribution >= 4 is 21.4 Å². The molecule has 0 aliphatic rings. The molecule has 1 heteroatoms. The zero-order valence-electron chi connectivity index (χ0n) is 6.72. The molecule has 0 spiro atoms. The smallest absolute Gasteiger partial charge is 0.0743 e. The van der Waals surface area contributed by atoms with E-state index in [9.17, 15) is 0 Å². The summed E-state index contributed by atoms with van der Waals surface area (Å²) in [6.45, 7) is 2.00. The van der Waals surface area contributed by atoms with Gasteiger partial charge in [0.1, 0.15) is 0 Å². The number of thiophene rings is 1. The first-order valence-corrected chi connectivity index (χ1v) is 4.05. The van der Waals surface area contributed by atoms with Gasteiger partial charge in [-0.2, -0.15) is 0 Å². The van der Waals surface area contributed by atoms with Crippen LogP contribution in [0.4, 0.5) is 0 Å². The van der Waals surface area contributed by atoms with Crippen LogP contribution < -0.4 is 0 Å². The molecule has 2 rings (SSSR count). The Labute approximate surface area is 65.5 Å². The number of benzene rings is 1. The lowest BCUT2D eigenvalue weighted by Gasteiger charge is -1.86. The van der Waals surface area contributed by atoms with E-state index >= 15 is 0 Å². The van der Waals surface area contributed by atoms with Crippen LogP contribution in [0.1, 0.15) is 6.93 Å². The van der Waals surface area contributed by atoms with Gasteiger partial charge in [-0.1, -0.05) is 18.2 Å². The predicted molar refractivity (Wildman–Crippen MR) is 46.6 cm³/mol. The molecule has 0 fully saturated rings. The lowest BCUT2D eigenvalue weighted by Crippen LogP contribution is -1.63. The van der Waals surface area contributed by atoms with Gasteiger partial charge in [-0.25, -0.2) is 0 Å². The molecule has 0 N–H and O–H groups in total. The summed E-state index contributed by atoms with van der Waals surface area (Å²) in [6.07, 6.45) is 0. The zero-order valence-corrected chi connectivity index (χ0v) is 6.53. The van der Waals surface area contributed by atoms with E-state index in [1.165, 1.54) is 10.1 Å². The quantitative estimate of drug-likeness (QED) is 0.539. The Kier molecular flexibility index (Phi) is 1.03. The second kappa shape index (κ2) is 2.10. The van der Waals surface area contributed by atoms with Crippen LogP contribution in [0.15, 0.2) is 29.6 Å². The molecule has 0 radical (unpaired) electrons. The van der Waals surface area contributed by atoms with E-state index in [0.717, 1.165) is 5.56 Å². The molecular weight excluding hydrogens is 140 g/mol. The summed E-state index contributed by atoms with van der Waals surface area (Å²) in [5, 5.41) is 1.91. The molecule has 0 nitrogen and oxygen atoms in total. The van der Waals surface area contributed by atoms with E-state index in [2.05, 4.69) is 12.1 Å². The number of hydrogen-bond donors (Lipinski definition) is 0. The highest BCUT2D eigenvalue weighted by molar-refractivity contribution is 7.17. The molecule has 0 saturated carbocycles. The molecule has 2 aromatic rings. The Bertz CT molecular complexity index is 389. The minimum Gasteiger partial charge on any atom is -0.144 e. The van der Waals surface area contributed by atoms with E-state index in [1.54, 1.807) is 11.3 Å². The molecule has 0 bridgehead atoms. The second-order valence-corrected chi connectivity index (χ2v) is 3.17. The second-order valence-electron chi connectivity index (χ2n) is 2.33. The first-order valence-electron chi connectivity index (χ1n) is 3.74. The average molecular weight is 149 g/mol. The van der Waals surface area contributed by atoms with E-state index < -0.39 is 0 Å². The van der Waals surface area contributed by atoms with Crippen LogP contribution in [0.5, 0.6) is 0 Å². The summed E-state index contributed by atoms with van der Waals surface area (Å²) in [7, 11) is 0. The van der Waals surface area contributed by atoms with Crippen molar-refractivity contribution in [1.82, 2.24) is 0 Å². The summed E-state index contributed by atoms with van der Waals surface area (Å²) in [5.41, 5.74) is 1.10. The Morgan fingerprint density at radius 2 is 2.20 bits per heavy atom. The summed E-state index contributed by atoms with van der Waals surface area (Å²) in [5.74, 6) is 0. The fourth-order valence-corrected chi connectivity index (χ4v) is 1.90.